The largest absolute Gasteiger partial charge is 0.493 e. The van der Waals surface area contributed by atoms with E-state index in [1.54, 1.807) is 14.2 Å². The third-order valence-corrected chi connectivity index (χ3v) is 6.71. The molecule has 1 aliphatic rings. The molecule has 0 aliphatic carbocycles. The van der Waals surface area contributed by atoms with E-state index >= 15 is 0 Å². The van der Waals surface area contributed by atoms with Gasteiger partial charge in [0.15, 0.2) is 11.5 Å². The highest BCUT2D eigenvalue weighted by atomic mass is 16.5. The Labute approximate surface area is 188 Å². The fourth-order valence-electron chi connectivity index (χ4n) is 4.77. The Bertz CT molecular complexity index is 1250. The van der Waals surface area contributed by atoms with Gasteiger partial charge >= 0.3 is 0 Å². The Kier molecular flexibility index (Phi) is 5.53. The first-order valence-corrected chi connectivity index (χ1v) is 11.2. The molecule has 0 amide bonds. The number of methoxy groups -OCH3 is 2. The van der Waals surface area contributed by atoms with E-state index in [1.165, 1.54) is 23.8 Å². The molecule has 0 bridgehead atoms. The van der Waals surface area contributed by atoms with Gasteiger partial charge in [0.2, 0.25) is 0 Å². The first kappa shape index (κ1) is 20.8. The van der Waals surface area contributed by atoms with E-state index in [9.17, 15) is 0 Å². The van der Waals surface area contributed by atoms with E-state index in [1.807, 2.05) is 18.3 Å². The maximum atomic E-state index is 5.55. The normalized spacial score (nSPS) is 15.6. The summed E-state index contributed by atoms with van der Waals surface area (Å²) in [4.78, 5) is 10.5. The second-order valence-corrected chi connectivity index (χ2v) is 8.75. The number of piperidine rings is 1. The predicted octanol–water partition coefficient (Wildman–Crippen LogP) is 3.92. The molecule has 0 atom stereocenters. The summed E-state index contributed by atoms with van der Waals surface area (Å²) in [5, 5.41) is 6.04. The van der Waals surface area contributed by atoms with Crippen LogP contribution in [0.15, 0.2) is 36.7 Å². The molecule has 32 heavy (non-hydrogen) atoms. The van der Waals surface area contributed by atoms with E-state index in [4.69, 9.17) is 9.47 Å². The van der Waals surface area contributed by atoms with E-state index in [2.05, 4.69) is 57.2 Å². The van der Waals surface area contributed by atoms with Gasteiger partial charge in [0.1, 0.15) is 5.65 Å². The van der Waals surface area contributed by atoms with Crippen LogP contribution in [0.2, 0.25) is 0 Å². The first-order chi connectivity index (χ1) is 15.6. The second kappa shape index (κ2) is 8.48. The second-order valence-electron chi connectivity index (χ2n) is 8.75. The number of benzene rings is 1. The van der Waals surface area contributed by atoms with Gasteiger partial charge in [-0.15, -0.1) is 0 Å². The van der Waals surface area contributed by atoms with Crippen LogP contribution in [0.25, 0.3) is 33.2 Å². The quantitative estimate of drug-likeness (QED) is 0.482. The van der Waals surface area contributed by atoms with Crippen LogP contribution in [0.4, 0.5) is 0 Å². The van der Waals surface area contributed by atoms with Crippen molar-refractivity contribution in [3.05, 3.63) is 42.2 Å². The Morgan fingerprint density at radius 2 is 1.81 bits per heavy atom. The van der Waals surface area contributed by atoms with Gasteiger partial charge in [-0.1, -0.05) is 0 Å². The minimum atomic E-state index is 0.577. The molecule has 168 valence electrons. The number of likely N-dealkylation sites (tertiary alicyclic amines) is 1. The SMILES string of the molecule is COc1cc2c(-c3cc4c(CNC5CCN(C)CC5)ccnc4[nH]3)cn(C)c2cc1OC. The first-order valence-electron chi connectivity index (χ1n) is 11.2. The summed E-state index contributed by atoms with van der Waals surface area (Å²) in [6.07, 6.45) is 6.44. The number of rotatable bonds is 6. The van der Waals surface area contributed by atoms with Gasteiger partial charge in [-0.05, 0) is 56.7 Å². The molecule has 4 heterocycles. The lowest BCUT2D eigenvalue weighted by molar-refractivity contribution is 0.234. The Balaban J connectivity index is 1.49. The number of hydrogen-bond acceptors (Lipinski definition) is 5. The lowest BCUT2D eigenvalue weighted by Crippen LogP contribution is -2.40. The number of nitrogens with zero attached hydrogens (tertiary/aromatic N) is 3. The van der Waals surface area contributed by atoms with Gasteiger partial charge < -0.3 is 29.2 Å². The van der Waals surface area contributed by atoms with Crippen LogP contribution in [-0.2, 0) is 13.6 Å². The number of aromatic amines is 1. The third kappa shape index (κ3) is 3.72. The van der Waals surface area contributed by atoms with Crippen molar-refractivity contribution in [2.75, 3.05) is 34.4 Å². The minimum Gasteiger partial charge on any atom is -0.493 e. The molecule has 7 nitrogen and oxygen atoms in total. The molecule has 1 aliphatic heterocycles. The summed E-state index contributed by atoms with van der Waals surface area (Å²) >= 11 is 0. The monoisotopic (exact) mass is 433 g/mol. The van der Waals surface area contributed by atoms with Crippen LogP contribution in [-0.4, -0.2) is 59.8 Å². The van der Waals surface area contributed by atoms with Crippen LogP contribution in [0.3, 0.4) is 0 Å². The molecule has 0 radical (unpaired) electrons. The van der Waals surface area contributed by atoms with Crippen molar-refractivity contribution in [2.45, 2.75) is 25.4 Å². The molecule has 0 saturated carbocycles. The average molecular weight is 434 g/mol. The molecule has 4 aromatic rings. The number of aromatic nitrogens is 3. The van der Waals surface area contributed by atoms with E-state index in [-0.39, 0.29) is 0 Å². The molecule has 1 fully saturated rings. The number of ether oxygens (including phenoxy) is 2. The van der Waals surface area contributed by atoms with Crippen molar-refractivity contribution in [2.24, 2.45) is 7.05 Å². The van der Waals surface area contributed by atoms with Gasteiger partial charge in [-0.25, -0.2) is 4.98 Å². The van der Waals surface area contributed by atoms with Crippen molar-refractivity contribution in [1.29, 1.82) is 0 Å². The highest BCUT2D eigenvalue weighted by molar-refractivity contribution is 5.99. The number of fused-ring (bicyclic) bond motifs is 2. The fourth-order valence-corrected chi connectivity index (χ4v) is 4.77. The van der Waals surface area contributed by atoms with Crippen molar-refractivity contribution >= 4 is 21.9 Å². The summed E-state index contributed by atoms with van der Waals surface area (Å²) in [7, 11) is 7.58. The van der Waals surface area contributed by atoms with Crippen molar-refractivity contribution in [3.63, 3.8) is 0 Å². The van der Waals surface area contributed by atoms with Gasteiger partial charge in [0.05, 0.1) is 19.7 Å². The maximum absolute atomic E-state index is 5.55. The highest BCUT2D eigenvalue weighted by Gasteiger charge is 2.18. The zero-order chi connectivity index (χ0) is 22.2. The lowest BCUT2D eigenvalue weighted by Gasteiger charge is -2.29. The van der Waals surface area contributed by atoms with Crippen LogP contribution in [0.1, 0.15) is 18.4 Å². The topological polar surface area (TPSA) is 67.3 Å². The van der Waals surface area contributed by atoms with Gasteiger partial charge in [0.25, 0.3) is 0 Å². The highest BCUT2D eigenvalue weighted by Crippen LogP contribution is 2.38. The molecule has 0 unspecified atom stereocenters. The number of hydrogen-bond donors (Lipinski definition) is 2. The number of H-pyrrole nitrogens is 1. The number of nitrogens with one attached hydrogen (secondary N) is 2. The summed E-state index contributed by atoms with van der Waals surface area (Å²) in [5.74, 6) is 1.46. The fraction of sp³-hybridized carbons (Fsp3) is 0.400. The molecule has 5 rings (SSSR count). The molecule has 1 saturated heterocycles. The van der Waals surface area contributed by atoms with E-state index in [0.29, 0.717) is 6.04 Å². The van der Waals surface area contributed by atoms with Crippen LogP contribution in [0, 0.1) is 0 Å². The third-order valence-electron chi connectivity index (χ3n) is 6.71. The standard InChI is InChI=1S/C25H31N5O2/c1-29-9-6-17(7-10-29)27-14-16-5-8-26-25-18(16)11-21(28-25)20-15-30(2)22-13-24(32-4)23(31-3)12-19(20)22/h5,8,11-13,15,17,27H,6-7,9-10,14H2,1-4H3,(H,26,28). The summed E-state index contributed by atoms with van der Waals surface area (Å²) in [5.41, 5.74) is 5.46. The van der Waals surface area contributed by atoms with Gasteiger partial charge in [-0.3, -0.25) is 0 Å². The van der Waals surface area contributed by atoms with E-state index in [0.717, 1.165) is 58.9 Å². The average Bonchev–Trinajstić information content (AvgIpc) is 3.39. The Morgan fingerprint density at radius 3 is 2.56 bits per heavy atom. The zero-order valence-electron chi connectivity index (χ0n) is 19.2. The summed E-state index contributed by atoms with van der Waals surface area (Å²) in [6.45, 7) is 3.17. The van der Waals surface area contributed by atoms with Crippen LogP contribution >= 0.6 is 0 Å². The molecular weight excluding hydrogens is 402 g/mol. The Hall–Kier alpha value is -3.03. The molecule has 2 N–H and O–H groups in total. The molecule has 1 aromatic carbocycles. The minimum absolute atomic E-state index is 0.577. The molecule has 3 aromatic heterocycles. The van der Waals surface area contributed by atoms with E-state index < -0.39 is 0 Å². The maximum Gasteiger partial charge on any atom is 0.162 e. The molecule has 7 heteroatoms. The van der Waals surface area contributed by atoms with Gasteiger partial charge in [-0.2, -0.15) is 0 Å². The predicted molar refractivity (Wildman–Crippen MR) is 128 cm³/mol. The smallest absolute Gasteiger partial charge is 0.162 e. The summed E-state index contributed by atoms with van der Waals surface area (Å²) in [6, 6.07) is 8.99. The lowest BCUT2D eigenvalue weighted by atomic mass is 10.0. The Morgan fingerprint density at radius 1 is 1.06 bits per heavy atom. The molecular formula is C25H31N5O2. The van der Waals surface area contributed by atoms with Crippen LogP contribution in [0.5, 0.6) is 11.5 Å². The number of aryl methyl sites for hydroxylation is 1. The van der Waals surface area contributed by atoms with Crippen molar-refractivity contribution in [1.82, 2.24) is 24.8 Å². The molecule has 0 spiro atoms. The van der Waals surface area contributed by atoms with Crippen molar-refractivity contribution in [3.8, 4) is 22.8 Å². The van der Waals surface area contributed by atoms with Crippen LogP contribution < -0.4 is 14.8 Å². The van der Waals surface area contributed by atoms with Crippen molar-refractivity contribution < 1.29 is 9.47 Å². The van der Waals surface area contributed by atoms with Gasteiger partial charge in [0, 0.05) is 60.1 Å². The zero-order valence-corrected chi connectivity index (χ0v) is 19.2. The number of pyridine rings is 1. The summed E-state index contributed by atoms with van der Waals surface area (Å²) < 4.78 is 13.2.